The minimum Gasteiger partial charge on any atom is -0.282 e. The summed E-state index contributed by atoms with van der Waals surface area (Å²) in [6, 6.07) is 0. The summed E-state index contributed by atoms with van der Waals surface area (Å²) in [5, 5.41) is 1.96. The van der Waals surface area contributed by atoms with Crippen LogP contribution >= 0.6 is 11.8 Å². The van der Waals surface area contributed by atoms with Gasteiger partial charge in [-0.25, -0.2) is 0 Å². The van der Waals surface area contributed by atoms with Crippen LogP contribution in [0.15, 0.2) is 11.0 Å². The maximum Gasteiger partial charge on any atom is 0.290 e. The molecule has 0 aliphatic carbocycles. The summed E-state index contributed by atoms with van der Waals surface area (Å²) in [6.45, 7) is 6.13. The van der Waals surface area contributed by atoms with E-state index in [0.29, 0.717) is 4.91 Å². The van der Waals surface area contributed by atoms with Crippen molar-refractivity contribution in [3.8, 4) is 0 Å². The van der Waals surface area contributed by atoms with Crippen molar-refractivity contribution in [1.29, 1.82) is 0 Å². The third-order valence-electron chi connectivity index (χ3n) is 2.08. The summed E-state index contributed by atoms with van der Waals surface area (Å²) >= 11 is 0.977. The zero-order valence-electron chi connectivity index (χ0n) is 8.01. The highest BCUT2D eigenvalue weighted by Gasteiger charge is 2.27. The molecule has 1 saturated heterocycles. The van der Waals surface area contributed by atoms with Crippen LogP contribution in [0.2, 0.25) is 0 Å². The first-order valence-corrected chi connectivity index (χ1v) is 5.02. The number of nitrogens with one attached hydrogen (secondary N) is 1. The summed E-state index contributed by atoms with van der Waals surface area (Å²) < 4.78 is 0. The van der Waals surface area contributed by atoms with E-state index in [0.717, 1.165) is 18.2 Å². The van der Waals surface area contributed by atoms with E-state index in [1.54, 1.807) is 0 Å². The van der Waals surface area contributed by atoms with Crippen LogP contribution in [0.1, 0.15) is 27.2 Å². The lowest BCUT2D eigenvalue weighted by molar-refractivity contribution is -0.115. The third kappa shape index (κ3) is 2.59. The van der Waals surface area contributed by atoms with Crippen LogP contribution in [-0.2, 0) is 4.79 Å². The molecule has 1 fully saturated rings. The maximum absolute atomic E-state index is 11.2. The van der Waals surface area contributed by atoms with Crippen molar-refractivity contribution in [1.82, 2.24) is 5.32 Å². The van der Waals surface area contributed by atoms with E-state index < -0.39 is 0 Å². The number of allylic oxidation sites excluding steroid dienone is 1. The number of hydrogen-bond acceptors (Lipinski definition) is 3. The highest BCUT2D eigenvalue weighted by Crippen LogP contribution is 2.30. The first kappa shape index (κ1) is 10.3. The Hall–Kier alpha value is -0.770. The van der Waals surface area contributed by atoms with E-state index in [-0.39, 0.29) is 16.6 Å². The molecule has 0 atom stereocenters. The molecule has 1 aliphatic rings. The molecule has 1 heterocycles. The van der Waals surface area contributed by atoms with Gasteiger partial charge in [-0.05, 0) is 23.6 Å². The van der Waals surface area contributed by atoms with Gasteiger partial charge in [0.2, 0.25) is 0 Å². The summed E-state index contributed by atoms with van der Waals surface area (Å²) in [5.74, 6) is -0.267. The van der Waals surface area contributed by atoms with E-state index in [9.17, 15) is 9.59 Å². The Morgan fingerprint density at radius 3 is 2.46 bits per heavy atom. The number of imide groups is 1. The number of thioether (sulfide) groups is 1. The molecule has 72 valence electrons. The van der Waals surface area contributed by atoms with Gasteiger partial charge in [0.1, 0.15) is 0 Å². The molecule has 1 rings (SSSR count). The number of carbonyl (C=O) groups is 2. The molecule has 0 saturated carbocycles. The number of rotatable bonds is 2. The molecule has 2 amide bonds. The Morgan fingerprint density at radius 1 is 1.46 bits per heavy atom. The highest BCUT2D eigenvalue weighted by atomic mass is 32.2. The molecule has 0 aromatic carbocycles. The van der Waals surface area contributed by atoms with Gasteiger partial charge in [-0.2, -0.15) is 0 Å². The van der Waals surface area contributed by atoms with Crippen LogP contribution in [0.4, 0.5) is 4.79 Å². The molecular weight excluding hydrogens is 186 g/mol. The van der Waals surface area contributed by atoms with Crippen molar-refractivity contribution in [2.75, 3.05) is 0 Å². The van der Waals surface area contributed by atoms with Crippen molar-refractivity contribution in [2.45, 2.75) is 27.2 Å². The summed E-state index contributed by atoms with van der Waals surface area (Å²) in [5.41, 5.74) is -0.0235. The lowest BCUT2D eigenvalue weighted by Crippen LogP contribution is -2.18. The Kier molecular flexibility index (Phi) is 2.81. The average Bonchev–Trinajstić information content (AvgIpc) is 2.30. The predicted molar refractivity (Wildman–Crippen MR) is 53.3 cm³/mol. The van der Waals surface area contributed by atoms with E-state index in [1.165, 1.54) is 0 Å². The van der Waals surface area contributed by atoms with Crippen LogP contribution in [0.5, 0.6) is 0 Å². The fraction of sp³-hybridized carbons (Fsp3) is 0.556. The minimum atomic E-state index is -0.275. The van der Waals surface area contributed by atoms with Gasteiger partial charge in [-0.3, -0.25) is 14.9 Å². The van der Waals surface area contributed by atoms with Gasteiger partial charge >= 0.3 is 0 Å². The van der Waals surface area contributed by atoms with Crippen molar-refractivity contribution in [2.24, 2.45) is 5.41 Å². The van der Waals surface area contributed by atoms with E-state index in [4.69, 9.17) is 0 Å². The fourth-order valence-corrected chi connectivity index (χ4v) is 1.74. The van der Waals surface area contributed by atoms with Gasteiger partial charge in [-0.15, -0.1) is 0 Å². The lowest BCUT2D eigenvalue weighted by atomic mass is 9.90. The smallest absolute Gasteiger partial charge is 0.282 e. The molecule has 1 N–H and O–H groups in total. The minimum absolute atomic E-state index is 0.0235. The van der Waals surface area contributed by atoms with Crippen molar-refractivity contribution < 1.29 is 9.59 Å². The highest BCUT2D eigenvalue weighted by molar-refractivity contribution is 8.18. The molecule has 3 nitrogen and oxygen atoms in total. The van der Waals surface area contributed by atoms with Gasteiger partial charge in [0.25, 0.3) is 11.1 Å². The topological polar surface area (TPSA) is 46.2 Å². The third-order valence-corrected chi connectivity index (χ3v) is 2.89. The SMILES string of the molecule is CCC(C)(C)/C=C1\SC(=O)NC1=O. The second-order valence-corrected chi connectivity index (χ2v) is 4.71. The second-order valence-electron chi connectivity index (χ2n) is 3.69. The molecule has 0 unspecified atom stereocenters. The van der Waals surface area contributed by atoms with Gasteiger partial charge in [-0.1, -0.05) is 26.8 Å². The van der Waals surface area contributed by atoms with Crippen LogP contribution in [0, 0.1) is 5.41 Å². The molecule has 1 aliphatic heterocycles. The Balaban J connectivity index is 2.83. The maximum atomic E-state index is 11.2. The molecule has 0 aromatic rings. The average molecular weight is 199 g/mol. The van der Waals surface area contributed by atoms with Gasteiger partial charge in [0.05, 0.1) is 4.91 Å². The normalized spacial score (nSPS) is 21.0. The lowest BCUT2D eigenvalue weighted by Gasteiger charge is -2.17. The summed E-state index contributed by atoms with van der Waals surface area (Å²) in [6.07, 6.45) is 2.80. The quantitative estimate of drug-likeness (QED) is 0.694. The first-order chi connectivity index (χ1) is 5.94. The number of hydrogen-bond donors (Lipinski definition) is 1. The standard InChI is InChI=1S/C9H13NO2S/c1-4-9(2,3)5-6-7(11)10-8(12)13-6/h5H,4H2,1-3H3,(H,10,11,12)/b6-5-. The van der Waals surface area contributed by atoms with E-state index in [1.807, 2.05) is 19.9 Å². The molecule has 0 aromatic heterocycles. The molecule has 13 heavy (non-hydrogen) atoms. The number of amides is 2. The van der Waals surface area contributed by atoms with Crippen molar-refractivity contribution >= 4 is 22.9 Å². The zero-order valence-corrected chi connectivity index (χ0v) is 8.83. The first-order valence-electron chi connectivity index (χ1n) is 4.20. The Bertz CT molecular complexity index is 281. The van der Waals surface area contributed by atoms with Gasteiger partial charge < -0.3 is 0 Å². The molecular formula is C9H13NO2S. The van der Waals surface area contributed by atoms with Gasteiger partial charge in [0.15, 0.2) is 0 Å². The van der Waals surface area contributed by atoms with Crippen LogP contribution in [-0.4, -0.2) is 11.1 Å². The fourth-order valence-electron chi connectivity index (χ4n) is 0.878. The zero-order chi connectivity index (χ0) is 10.1. The van der Waals surface area contributed by atoms with Crippen LogP contribution in [0.3, 0.4) is 0 Å². The van der Waals surface area contributed by atoms with Gasteiger partial charge in [0, 0.05) is 0 Å². The Labute approximate surface area is 82.0 Å². The molecule has 0 spiro atoms. The molecule has 0 radical (unpaired) electrons. The summed E-state index contributed by atoms with van der Waals surface area (Å²) in [4.78, 5) is 22.5. The molecule has 4 heteroatoms. The van der Waals surface area contributed by atoms with Crippen LogP contribution < -0.4 is 5.32 Å². The largest absolute Gasteiger partial charge is 0.290 e. The van der Waals surface area contributed by atoms with E-state index >= 15 is 0 Å². The van der Waals surface area contributed by atoms with Crippen LogP contribution in [0.25, 0.3) is 0 Å². The van der Waals surface area contributed by atoms with Crippen molar-refractivity contribution in [3.63, 3.8) is 0 Å². The second kappa shape index (κ2) is 3.54. The summed E-state index contributed by atoms with van der Waals surface area (Å²) in [7, 11) is 0. The Morgan fingerprint density at radius 2 is 2.08 bits per heavy atom. The number of carbonyl (C=O) groups excluding carboxylic acids is 2. The molecule has 0 bridgehead atoms. The van der Waals surface area contributed by atoms with Crippen molar-refractivity contribution in [3.05, 3.63) is 11.0 Å². The monoisotopic (exact) mass is 199 g/mol. The predicted octanol–water partition coefficient (Wildman–Crippen LogP) is 2.29. The van der Waals surface area contributed by atoms with E-state index in [2.05, 4.69) is 12.2 Å².